The molecule has 0 aliphatic rings. The highest BCUT2D eigenvalue weighted by Crippen LogP contribution is 2.23. The molecule has 1 amide bonds. The molecule has 33 heavy (non-hydrogen) atoms. The molecule has 0 aliphatic heterocycles. The molecule has 0 atom stereocenters. The van der Waals surface area contributed by atoms with Gasteiger partial charge in [0.25, 0.3) is 11.6 Å². The van der Waals surface area contributed by atoms with Crippen molar-refractivity contribution >= 4 is 22.9 Å². The molecule has 0 fully saturated rings. The van der Waals surface area contributed by atoms with Crippen molar-refractivity contribution in [3.63, 3.8) is 0 Å². The molecule has 5 aromatic rings. The number of pyridine rings is 1. The van der Waals surface area contributed by atoms with Gasteiger partial charge in [0.05, 0.1) is 10.6 Å². The van der Waals surface area contributed by atoms with Crippen LogP contribution >= 0.6 is 0 Å². The minimum atomic E-state index is -0.509. The number of nitrogens with one attached hydrogen (secondary N) is 1. The van der Waals surface area contributed by atoms with E-state index in [-0.39, 0.29) is 11.6 Å². The fourth-order valence-electron chi connectivity index (χ4n) is 3.28. The molecule has 0 aliphatic carbocycles. The van der Waals surface area contributed by atoms with Crippen LogP contribution < -0.4 is 5.32 Å². The van der Waals surface area contributed by atoms with E-state index in [4.69, 9.17) is 0 Å². The molecule has 2 aromatic carbocycles. The Labute approximate surface area is 186 Å². The number of nitro groups is 1. The standard InChI is InChI=1S/C23H15N7O3/c31-23(16-5-9-19(10-6-16)30(32)33)25-18-7-3-15(4-8-18)20-11-12-21-26-27-22(29(21)28-20)17-2-1-13-24-14-17/h1-14H,(H,25,31). The lowest BCUT2D eigenvalue weighted by molar-refractivity contribution is -0.384. The maximum Gasteiger partial charge on any atom is 0.269 e. The number of nitrogens with zero attached hydrogens (tertiary/aromatic N) is 6. The van der Waals surface area contributed by atoms with E-state index in [0.29, 0.717) is 28.4 Å². The second-order valence-electron chi connectivity index (χ2n) is 7.09. The van der Waals surface area contributed by atoms with Crippen LogP contribution in [-0.4, -0.2) is 35.6 Å². The molecular weight excluding hydrogens is 422 g/mol. The molecule has 10 heteroatoms. The highest BCUT2D eigenvalue weighted by atomic mass is 16.6. The number of hydrogen-bond donors (Lipinski definition) is 1. The van der Waals surface area contributed by atoms with Crippen LogP contribution in [0.1, 0.15) is 10.4 Å². The molecule has 10 nitrogen and oxygen atoms in total. The number of aromatic nitrogens is 5. The van der Waals surface area contributed by atoms with Crippen LogP contribution in [0.25, 0.3) is 28.3 Å². The summed E-state index contributed by atoms with van der Waals surface area (Å²) < 4.78 is 1.66. The van der Waals surface area contributed by atoms with E-state index in [1.54, 1.807) is 29.0 Å². The van der Waals surface area contributed by atoms with Crippen molar-refractivity contribution in [3.8, 4) is 22.6 Å². The lowest BCUT2D eigenvalue weighted by atomic mass is 10.1. The van der Waals surface area contributed by atoms with Crippen molar-refractivity contribution in [2.24, 2.45) is 0 Å². The van der Waals surface area contributed by atoms with Gasteiger partial charge in [0.1, 0.15) is 0 Å². The molecule has 0 bridgehead atoms. The molecule has 0 radical (unpaired) electrons. The van der Waals surface area contributed by atoms with Gasteiger partial charge >= 0.3 is 0 Å². The van der Waals surface area contributed by atoms with Gasteiger partial charge in [-0.2, -0.15) is 9.61 Å². The average Bonchev–Trinajstić information content (AvgIpc) is 3.28. The third-order valence-electron chi connectivity index (χ3n) is 4.96. The third-order valence-corrected chi connectivity index (χ3v) is 4.96. The number of rotatable bonds is 5. The van der Waals surface area contributed by atoms with Crippen molar-refractivity contribution in [3.05, 3.63) is 101 Å². The van der Waals surface area contributed by atoms with Crippen LogP contribution in [-0.2, 0) is 0 Å². The summed E-state index contributed by atoms with van der Waals surface area (Å²) in [7, 11) is 0. The van der Waals surface area contributed by atoms with Gasteiger partial charge in [-0.25, -0.2) is 0 Å². The first kappa shape index (κ1) is 19.9. The number of nitro benzene ring substituents is 1. The summed E-state index contributed by atoms with van der Waals surface area (Å²) in [6, 6.07) is 20.0. The summed E-state index contributed by atoms with van der Waals surface area (Å²) in [5, 5.41) is 26.6. The van der Waals surface area contributed by atoms with Crippen molar-refractivity contribution < 1.29 is 9.72 Å². The monoisotopic (exact) mass is 437 g/mol. The fraction of sp³-hybridized carbons (Fsp3) is 0. The molecule has 1 N–H and O–H groups in total. The van der Waals surface area contributed by atoms with Gasteiger partial charge in [0.2, 0.25) is 0 Å². The minimum absolute atomic E-state index is 0.0693. The highest BCUT2D eigenvalue weighted by molar-refractivity contribution is 6.04. The van der Waals surface area contributed by atoms with Gasteiger partial charge in [-0.1, -0.05) is 12.1 Å². The first-order valence-corrected chi connectivity index (χ1v) is 9.87. The van der Waals surface area contributed by atoms with Crippen LogP contribution in [0.5, 0.6) is 0 Å². The Balaban J connectivity index is 1.37. The molecule has 160 valence electrons. The lowest BCUT2D eigenvalue weighted by Gasteiger charge is -2.07. The largest absolute Gasteiger partial charge is 0.322 e. The van der Waals surface area contributed by atoms with Gasteiger partial charge < -0.3 is 5.32 Å². The van der Waals surface area contributed by atoms with Gasteiger partial charge in [0, 0.05) is 46.9 Å². The Morgan fingerprint density at radius 3 is 2.39 bits per heavy atom. The molecule has 3 heterocycles. The fourth-order valence-corrected chi connectivity index (χ4v) is 3.28. The van der Waals surface area contributed by atoms with E-state index in [9.17, 15) is 14.9 Å². The third kappa shape index (κ3) is 4.00. The molecular formula is C23H15N7O3. The number of carbonyl (C=O) groups excluding carboxylic acids is 1. The molecule has 0 saturated heterocycles. The van der Waals surface area contributed by atoms with Gasteiger partial charge in [-0.05, 0) is 48.5 Å². The molecule has 5 rings (SSSR count). The number of carbonyl (C=O) groups is 1. The predicted molar refractivity (Wildman–Crippen MR) is 120 cm³/mol. The molecule has 3 aromatic heterocycles. The molecule has 0 unspecified atom stereocenters. The average molecular weight is 437 g/mol. The number of amides is 1. The van der Waals surface area contributed by atoms with Crippen molar-refractivity contribution in [1.29, 1.82) is 0 Å². The van der Waals surface area contributed by atoms with E-state index in [0.717, 1.165) is 11.1 Å². The Morgan fingerprint density at radius 2 is 1.70 bits per heavy atom. The van der Waals surface area contributed by atoms with E-state index in [1.165, 1.54) is 24.3 Å². The Kier molecular flexibility index (Phi) is 5.00. The zero-order valence-corrected chi connectivity index (χ0v) is 17.0. The summed E-state index contributed by atoms with van der Waals surface area (Å²) in [5.74, 6) is 0.231. The zero-order chi connectivity index (χ0) is 22.8. The number of hydrogen-bond acceptors (Lipinski definition) is 7. The Bertz CT molecular complexity index is 1460. The van der Waals surface area contributed by atoms with E-state index in [2.05, 4.69) is 25.6 Å². The SMILES string of the molecule is O=C(Nc1ccc(-c2ccc3nnc(-c4cccnc4)n3n2)cc1)c1ccc([N+](=O)[O-])cc1. The van der Waals surface area contributed by atoms with Crippen molar-refractivity contribution in [2.75, 3.05) is 5.32 Å². The smallest absolute Gasteiger partial charge is 0.269 e. The number of non-ortho nitro benzene ring substituents is 1. The van der Waals surface area contributed by atoms with Crippen molar-refractivity contribution in [1.82, 2.24) is 24.8 Å². The second-order valence-corrected chi connectivity index (χ2v) is 7.09. The predicted octanol–water partition coefficient (Wildman–Crippen LogP) is 4.01. The normalized spacial score (nSPS) is 10.8. The van der Waals surface area contributed by atoms with Crippen LogP contribution in [0.2, 0.25) is 0 Å². The summed E-state index contributed by atoms with van der Waals surface area (Å²) in [4.78, 5) is 26.8. The summed E-state index contributed by atoms with van der Waals surface area (Å²) in [6.45, 7) is 0. The Morgan fingerprint density at radius 1 is 0.909 bits per heavy atom. The van der Waals surface area contributed by atoms with E-state index >= 15 is 0 Å². The summed E-state index contributed by atoms with van der Waals surface area (Å²) in [5.41, 5.74) is 3.82. The first-order valence-electron chi connectivity index (χ1n) is 9.87. The second kappa shape index (κ2) is 8.27. The Hall–Kier alpha value is -4.99. The van der Waals surface area contributed by atoms with Gasteiger partial charge in [-0.3, -0.25) is 19.9 Å². The number of fused-ring (bicyclic) bond motifs is 1. The van der Waals surface area contributed by atoms with Crippen molar-refractivity contribution in [2.45, 2.75) is 0 Å². The topological polar surface area (TPSA) is 128 Å². The number of benzene rings is 2. The quantitative estimate of drug-likeness (QED) is 0.325. The lowest BCUT2D eigenvalue weighted by Crippen LogP contribution is -2.11. The first-order chi connectivity index (χ1) is 16.1. The summed E-state index contributed by atoms with van der Waals surface area (Å²) >= 11 is 0. The zero-order valence-electron chi connectivity index (χ0n) is 17.0. The highest BCUT2D eigenvalue weighted by Gasteiger charge is 2.12. The maximum atomic E-state index is 12.4. The molecule has 0 spiro atoms. The van der Waals surface area contributed by atoms with Crippen LogP contribution in [0.15, 0.2) is 85.2 Å². The maximum absolute atomic E-state index is 12.4. The van der Waals surface area contributed by atoms with E-state index < -0.39 is 4.92 Å². The van der Waals surface area contributed by atoms with Crippen LogP contribution in [0.3, 0.4) is 0 Å². The van der Waals surface area contributed by atoms with Crippen LogP contribution in [0.4, 0.5) is 11.4 Å². The summed E-state index contributed by atoms with van der Waals surface area (Å²) in [6.07, 6.45) is 3.39. The minimum Gasteiger partial charge on any atom is -0.322 e. The molecule has 0 saturated carbocycles. The number of anilines is 1. The van der Waals surface area contributed by atoms with Gasteiger partial charge in [0.15, 0.2) is 11.5 Å². The van der Waals surface area contributed by atoms with E-state index in [1.807, 2.05) is 36.4 Å². The van der Waals surface area contributed by atoms with Crippen LogP contribution in [0, 0.1) is 10.1 Å². The van der Waals surface area contributed by atoms with Gasteiger partial charge in [-0.15, -0.1) is 10.2 Å².